The Labute approximate surface area is 214 Å². The van der Waals surface area contributed by atoms with Gasteiger partial charge in [-0.15, -0.1) is 0 Å². The minimum Gasteiger partial charge on any atom is -0.849 e. The minimum atomic E-state index is -0.749. The Hall–Kier alpha value is 0.977. The summed E-state index contributed by atoms with van der Waals surface area (Å²) in [6.45, 7) is 10.6. The molecule has 6 heteroatoms. The van der Waals surface area contributed by atoms with Crippen LogP contribution in [-0.2, 0) is 16.1 Å². The van der Waals surface area contributed by atoms with E-state index in [1.54, 1.807) is 0 Å². The first-order chi connectivity index (χ1) is 11.4. The summed E-state index contributed by atoms with van der Waals surface area (Å²) in [7, 11) is 1.95. The average Bonchev–Trinajstić information content (AvgIpc) is 2.53. The van der Waals surface area contributed by atoms with Gasteiger partial charge in [-0.2, -0.15) is 0 Å². The first-order valence-corrected chi connectivity index (χ1v) is 8.65. The molecule has 1 atom stereocenters. The number of benzene rings is 1. The van der Waals surface area contributed by atoms with Crippen molar-refractivity contribution < 1.29 is 91.2 Å². The van der Waals surface area contributed by atoms with Crippen LogP contribution in [0.15, 0.2) is 24.3 Å². The Kier molecular flexibility index (Phi) is 15.5. The van der Waals surface area contributed by atoms with E-state index < -0.39 is 6.10 Å². The summed E-state index contributed by atoms with van der Waals surface area (Å²) in [4.78, 5) is 2.03. The average molecular weight is 560 g/mol. The van der Waals surface area contributed by atoms with Gasteiger partial charge in [0.1, 0.15) is 5.75 Å². The van der Waals surface area contributed by atoms with Crippen molar-refractivity contribution in [2.24, 2.45) is 0 Å². The largest absolute Gasteiger partial charge is 0.849 e. The maximum Gasteiger partial charge on any atom is 0.119 e. The van der Waals surface area contributed by atoms with Crippen molar-refractivity contribution in [3.05, 3.63) is 29.8 Å². The minimum absolute atomic E-state index is 0. The second-order valence-corrected chi connectivity index (χ2v) is 6.58. The number of nitrogens with zero attached hydrogens (tertiary/aromatic N) is 1. The van der Waals surface area contributed by atoms with Crippen LogP contribution in [0.5, 0.6) is 5.75 Å². The molecule has 146 valence electrons. The molecule has 0 aromatic heterocycles. The van der Waals surface area contributed by atoms with Crippen LogP contribution in [-0.4, -0.2) is 56.6 Å². The molecule has 0 aliphatic heterocycles. The molecule has 0 saturated carbocycles. The molecule has 0 radical (unpaired) electrons. The van der Waals surface area contributed by atoms with Crippen molar-refractivity contribution >= 4 is 0 Å². The zero-order chi connectivity index (χ0) is 17.9. The Morgan fingerprint density at radius 2 is 1.68 bits per heavy atom. The number of hydrogen-bond donors (Lipinski definition) is 0. The Balaban J connectivity index is 0.00000576. The predicted molar refractivity (Wildman–Crippen MR) is 94.2 cm³/mol. The zero-order valence-electron chi connectivity index (χ0n) is 16.0. The Morgan fingerprint density at radius 1 is 1.04 bits per heavy atom. The summed E-state index contributed by atoms with van der Waals surface area (Å²) in [5, 5.41) is 11.9. The van der Waals surface area contributed by atoms with E-state index in [0.717, 1.165) is 11.3 Å². The van der Waals surface area contributed by atoms with Crippen molar-refractivity contribution in [2.45, 2.75) is 52.6 Å². The van der Waals surface area contributed by atoms with Crippen molar-refractivity contribution in [1.29, 1.82) is 0 Å². The molecule has 0 aliphatic carbocycles. The standard InChI is InChI=1S/C19H32NO4.Rn/c1-15(2)20(5)12-18(21)14-24-19-8-6-17(7-9-19)13-22-10-11-23-16(3)4;/h6-9,15-16,18H,10-14H2,1-5H3;/q-1;. The quantitative estimate of drug-likeness (QED) is 0.367. The molecule has 0 amide bonds. The van der Waals surface area contributed by atoms with Crippen molar-refractivity contribution in [1.82, 2.24) is 4.90 Å². The fourth-order valence-corrected chi connectivity index (χ4v) is 1.99. The zero-order valence-corrected chi connectivity index (χ0v) is 18.8. The fraction of sp³-hybridized carbons (Fsp3) is 0.684. The van der Waals surface area contributed by atoms with Gasteiger partial charge in [0, 0.05) is 77.9 Å². The molecule has 1 aromatic carbocycles. The summed E-state index contributed by atoms with van der Waals surface area (Å²) in [5.74, 6) is 0.718. The van der Waals surface area contributed by atoms with Gasteiger partial charge in [-0.3, -0.25) is 0 Å². The number of ether oxygens (including phenoxy) is 3. The van der Waals surface area contributed by atoms with Gasteiger partial charge in [0.05, 0.1) is 32.5 Å². The SMILES string of the molecule is CC(C)OCCOCc1ccc(OCC([O-])CN(C)C(C)C)cc1.[Rn]. The molecule has 0 aliphatic rings. The third-order valence-electron chi connectivity index (χ3n) is 3.68. The third-order valence-corrected chi connectivity index (χ3v) is 3.68. The van der Waals surface area contributed by atoms with Crippen LogP contribution in [0, 0.1) is 71.9 Å². The molecule has 0 bridgehead atoms. The molecule has 1 unspecified atom stereocenters. The van der Waals surface area contributed by atoms with Crippen LogP contribution >= 0.6 is 0 Å². The van der Waals surface area contributed by atoms with Crippen molar-refractivity contribution in [3.8, 4) is 5.75 Å². The maximum absolute atomic E-state index is 11.9. The molecular weight excluding hydrogens is 528 g/mol. The molecule has 1 rings (SSSR count). The smallest absolute Gasteiger partial charge is 0.119 e. The van der Waals surface area contributed by atoms with E-state index in [9.17, 15) is 5.11 Å². The van der Waals surface area contributed by atoms with Gasteiger partial charge >= 0.3 is 0 Å². The third kappa shape index (κ3) is 12.9. The number of likely N-dealkylation sites (N-methyl/N-ethyl adjacent to an activating group) is 1. The molecule has 5 nitrogen and oxygen atoms in total. The van der Waals surface area contributed by atoms with E-state index in [-0.39, 0.29) is 84.6 Å². The molecule has 25 heavy (non-hydrogen) atoms. The molecule has 0 fully saturated rings. The van der Waals surface area contributed by atoms with Gasteiger partial charge in [-0.05, 0) is 59.0 Å². The van der Waals surface area contributed by atoms with E-state index >= 15 is 0 Å². The van der Waals surface area contributed by atoms with Gasteiger partial charge in [0.15, 0.2) is 0 Å². The summed E-state index contributed by atoms with van der Waals surface area (Å²) < 4.78 is 16.5. The van der Waals surface area contributed by atoms with Gasteiger partial charge in [-0.1, -0.05) is 18.2 Å². The molecule has 0 heterocycles. The van der Waals surface area contributed by atoms with E-state index in [1.165, 1.54) is 0 Å². The topological polar surface area (TPSA) is 54.0 Å². The first kappa shape index (κ1) is 26.0. The second-order valence-electron chi connectivity index (χ2n) is 6.58. The van der Waals surface area contributed by atoms with Gasteiger partial charge in [0.2, 0.25) is 0 Å². The summed E-state index contributed by atoms with van der Waals surface area (Å²) in [6, 6.07) is 8.04. The molecule has 0 spiro atoms. The van der Waals surface area contributed by atoms with Gasteiger partial charge in [-0.25, -0.2) is 0 Å². The van der Waals surface area contributed by atoms with Crippen LogP contribution < -0.4 is 9.84 Å². The normalized spacial score (nSPS) is 12.5. The summed E-state index contributed by atoms with van der Waals surface area (Å²) in [6.07, 6.45) is -0.517. The van der Waals surface area contributed by atoms with Gasteiger partial charge in [0.25, 0.3) is 0 Å². The van der Waals surface area contributed by atoms with Crippen molar-refractivity contribution in [2.75, 3.05) is 33.4 Å². The molecule has 0 N–H and O–H groups in total. The van der Waals surface area contributed by atoms with Crippen LogP contribution in [0.2, 0.25) is 0 Å². The monoisotopic (exact) mass is 560 g/mol. The molecule has 0 saturated heterocycles. The molecule has 1 aromatic rings. The second kappa shape index (κ2) is 15.0. The van der Waals surface area contributed by atoms with Crippen LogP contribution in [0.25, 0.3) is 0 Å². The Morgan fingerprint density at radius 3 is 2.24 bits per heavy atom. The predicted octanol–water partition coefficient (Wildman–Crippen LogP) is 2.08. The summed E-state index contributed by atoms with van der Waals surface area (Å²) >= 11 is 0. The fourth-order valence-electron chi connectivity index (χ4n) is 1.99. The van der Waals surface area contributed by atoms with E-state index in [0.29, 0.717) is 32.4 Å². The number of rotatable bonds is 12. The molecular formula is C19H32NO4Rn-. The van der Waals surface area contributed by atoms with Crippen molar-refractivity contribution in [3.63, 3.8) is 0 Å². The first-order valence-electron chi connectivity index (χ1n) is 8.65. The van der Waals surface area contributed by atoms with Crippen LogP contribution in [0.3, 0.4) is 0 Å². The van der Waals surface area contributed by atoms with Gasteiger partial charge < -0.3 is 24.2 Å². The Bertz CT molecular complexity index is 440. The van der Waals surface area contributed by atoms with E-state index in [4.69, 9.17) is 14.2 Å². The van der Waals surface area contributed by atoms with E-state index in [1.807, 2.05) is 50.1 Å². The van der Waals surface area contributed by atoms with Crippen LogP contribution in [0.1, 0.15) is 33.3 Å². The van der Waals surface area contributed by atoms with Crippen LogP contribution in [0.4, 0.5) is 0 Å². The number of hydrogen-bond acceptors (Lipinski definition) is 5. The maximum atomic E-state index is 11.9. The van der Waals surface area contributed by atoms with E-state index in [2.05, 4.69) is 13.8 Å². The summed E-state index contributed by atoms with van der Waals surface area (Å²) in [5.41, 5.74) is 1.07.